The summed E-state index contributed by atoms with van der Waals surface area (Å²) in [6.07, 6.45) is 0. The van der Waals surface area contributed by atoms with Crippen LogP contribution in [0.15, 0.2) is 18.2 Å². The van der Waals surface area contributed by atoms with E-state index in [9.17, 15) is 9.18 Å². The molecule has 0 saturated heterocycles. The van der Waals surface area contributed by atoms with Gasteiger partial charge in [0.1, 0.15) is 11.9 Å². The largest absolute Gasteiger partial charge is 0.372 e. The van der Waals surface area contributed by atoms with Crippen LogP contribution in [-0.4, -0.2) is 30.9 Å². The predicted molar refractivity (Wildman–Crippen MR) is 62.9 cm³/mol. The van der Waals surface area contributed by atoms with Crippen LogP contribution < -0.4 is 5.32 Å². The first kappa shape index (κ1) is 13.0. The fourth-order valence-corrected chi connectivity index (χ4v) is 1.38. The molecule has 0 fully saturated rings. The number of benzene rings is 1. The minimum absolute atomic E-state index is 0.145. The van der Waals surface area contributed by atoms with Gasteiger partial charge in [-0.05, 0) is 25.1 Å². The summed E-state index contributed by atoms with van der Waals surface area (Å²) in [5.74, 6) is -0.684. The molecule has 5 heteroatoms. The molecule has 0 heterocycles. The average Bonchev–Trinajstić information content (AvgIpc) is 2.30. The van der Waals surface area contributed by atoms with Crippen molar-refractivity contribution in [1.29, 1.82) is 5.26 Å². The van der Waals surface area contributed by atoms with E-state index >= 15 is 0 Å². The van der Waals surface area contributed by atoms with Gasteiger partial charge >= 0.3 is 0 Å². The Hall–Kier alpha value is -2.09. The van der Waals surface area contributed by atoms with Crippen molar-refractivity contribution in [2.24, 2.45) is 0 Å². The highest BCUT2D eigenvalue weighted by atomic mass is 19.1. The fourth-order valence-electron chi connectivity index (χ4n) is 1.38. The van der Waals surface area contributed by atoms with Gasteiger partial charge in [-0.2, -0.15) is 5.26 Å². The molecule has 1 atom stereocenters. The van der Waals surface area contributed by atoms with Gasteiger partial charge in [0.15, 0.2) is 0 Å². The topological polar surface area (TPSA) is 56.1 Å². The van der Waals surface area contributed by atoms with E-state index in [1.54, 1.807) is 21.0 Å². The minimum Gasteiger partial charge on any atom is -0.372 e. The van der Waals surface area contributed by atoms with E-state index in [0.717, 1.165) is 6.07 Å². The van der Waals surface area contributed by atoms with E-state index in [0.29, 0.717) is 0 Å². The number of nitriles is 1. The third-order valence-corrected chi connectivity index (χ3v) is 2.28. The lowest BCUT2D eigenvalue weighted by Gasteiger charge is -2.19. The highest BCUT2D eigenvalue weighted by molar-refractivity contribution is 5.83. The SMILES string of the molecule is CC(Nc1ccc(C#N)cc1F)C(=O)N(C)C. The second-order valence-electron chi connectivity index (χ2n) is 3.91. The molecule has 0 radical (unpaired) electrons. The lowest BCUT2D eigenvalue weighted by Crippen LogP contribution is -2.36. The Morgan fingerprint density at radius 1 is 1.53 bits per heavy atom. The molecule has 1 aromatic carbocycles. The summed E-state index contributed by atoms with van der Waals surface area (Å²) >= 11 is 0. The summed E-state index contributed by atoms with van der Waals surface area (Å²) in [7, 11) is 3.27. The lowest BCUT2D eigenvalue weighted by molar-refractivity contribution is -0.129. The van der Waals surface area contributed by atoms with E-state index in [4.69, 9.17) is 5.26 Å². The van der Waals surface area contributed by atoms with E-state index in [1.165, 1.54) is 17.0 Å². The number of carbonyl (C=O) groups is 1. The van der Waals surface area contributed by atoms with E-state index in [-0.39, 0.29) is 17.2 Å². The van der Waals surface area contributed by atoms with Crippen molar-refractivity contribution in [2.75, 3.05) is 19.4 Å². The van der Waals surface area contributed by atoms with Gasteiger partial charge in [-0.3, -0.25) is 4.79 Å². The number of amides is 1. The summed E-state index contributed by atoms with van der Waals surface area (Å²) in [4.78, 5) is 13.0. The number of hydrogen-bond donors (Lipinski definition) is 1. The Morgan fingerprint density at radius 2 is 2.18 bits per heavy atom. The third-order valence-electron chi connectivity index (χ3n) is 2.28. The van der Waals surface area contributed by atoms with Gasteiger partial charge in [0.2, 0.25) is 5.91 Å². The zero-order valence-corrected chi connectivity index (χ0v) is 9.99. The number of rotatable bonds is 3. The second-order valence-corrected chi connectivity index (χ2v) is 3.91. The van der Waals surface area contributed by atoms with Crippen LogP contribution >= 0.6 is 0 Å². The maximum atomic E-state index is 13.5. The van der Waals surface area contributed by atoms with Crippen LogP contribution in [0, 0.1) is 17.1 Å². The van der Waals surface area contributed by atoms with Gasteiger partial charge < -0.3 is 10.2 Å². The number of halogens is 1. The van der Waals surface area contributed by atoms with Crippen LogP contribution in [0.25, 0.3) is 0 Å². The molecular weight excluding hydrogens is 221 g/mol. The third kappa shape index (κ3) is 3.18. The molecule has 0 bridgehead atoms. The molecule has 0 aliphatic carbocycles. The van der Waals surface area contributed by atoms with Gasteiger partial charge in [0.25, 0.3) is 0 Å². The van der Waals surface area contributed by atoms with E-state index in [2.05, 4.69) is 5.32 Å². The highest BCUT2D eigenvalue weighted by Crippen LogP contribution is 2.16. The Balaban J connectivity index is 2.83. The van der Waals surface area contributed by atoms with Gasteiger partial charge in [-0.1, -0.05) is 0 Å². The molecule has 0 aliphatic heterocycles. The Kier molecular flexibility index (Phi) is 4.05. The average molecular weight is 235 g/mol. The number of hydrogen-bond acceptors (Lipinski definition) is 3. The lowest BCUT2D eigenvalue weighted by atomic mass is 10.2. The summed E-state index contributed by atoms with van der Waals surface area (Å²) in [6, 6.07) is 5.41. The molecule has 4 nitrogen and oxygen atoms in total. The Bertz CT molecular complexity index is 465. The molecule has 1 rings (SSSR count). The molecule has 0 saturated carbocycles. The van der Waals surface area contributed by atoms with Crippen molar-refractivity contribution in [1.82, 2.24) is 4.90 Å². The van der Waals surface area contributed by atoms with Crippen LogP contribution in [0.4, 0.5) is 10.1 Å². The smallest absolute Gasteiger partial charge is 0.244 e. The molecule has 1 aromatic rings. The zero-order valence-electron chi connectivity index (χ0n) is 9.99. The second kappa shape index (κ2) is 5.30. The first-order valence-electron chi connectivity index (χ1n) is 5.13. The Labute approximate surface area is 99.7 Å². The van der Waals surface area contributed by atoms with Gasteiger partial charge in [-0.15, -0.1) is 0 Å². The monoisotopic (exact) mass is 235 g/mol. The van der Waals surface area contributed by atoms with E-state index in [1.807, 2.05) is 6.07 Å². The number of anilines is 1. The molecule has 0 spiro atoms. The Morgan fingerprint density at radius 3 is 2.65 bits per heavy atom. The number of carbonyl (C=O) groups excluding carboxylic acids is 1. The fraction of sp³-hybridized carbons (Fsp3) is 0.333. The van der Waals surface area contributed by atoms with E-state index < -0.39 is 11.9 Å². The molecule has 17 heavy (non-hydrogen) atoms. The molecular formula is C12H14FN3O. The molecule has 1 unspecified atom stereocenters. The first-order chi connectivity index (χ1) is 7.95. The molecule has 0 aliphatic rings. The van der Waals surface area contributed by atoms with Gasteiger partial charge in [-0.25, -0.2) is 4.39 Å². The van der Waals surface area contributed by atoms with Crippen molar-refractivity contribution in [3.05, 3.63) is 29.6 Å². The summed E-state index contributed by atoms with van der Waals surface area (Å²) in [6.45, 7) is 1.65. The zero-order chi connectivity index (χ0) is 13.0. The number of likely N-dealkylation sites (N-methyl/N-ethyl adjacent to an activating group) is 1. The molecule has 0 aromatic heterocycles. The molecule has 1 amide bonds. The summed E-state index contributed by atoms with van der Waals surface area (Å²) < 4.78 is 13.5. The van der Waals surface area contributed by atoms with Crippen LogP contribution in [0.1, 0.15) is 12.5 Å². The van der Waals surface area contributed by atoms with Crippen LogP contribution in [0.5, 0.6) is 0 Å². The summed E-state index contributed by atoms with van der Waals surface area (Å²) in [5, 5.41) is 11.4. The standard InChI is InChI=1S/C12H14FN3O/c1-8(12(17)16(2)3)15-11-5-4-9(7-14)6-10(11)13/h4-6,8,15H,1-3H3. The van der Waals surface area contributed by atoms with Crippen molar-refractivity contribution >= 4 is 11.6 Å². The molecule has 1 N–H and O–H groups in total. The van der Waals surface area contributed by atoms with Crippen LogP contribution in [0.3, 0.4) is 0 Å². The van der Waals surface area contributed by atoms with Crippen molar-refractivity contribution < 1.29 is 9.18 Å². The van der Waals surface area contributed by atoms with Crippen LogP contribution in [-0.2, 0) is 4.79 Å². The van der Waals surface area contributed by atoms with Crippen molar-refractivity contribution in [3.8, 4) is 6.07 Å². The van der Waals surface area contributed by atoms with Gasteiger partial charge in [0, 0.05) is 14.1 Å². The molecule has 90 valence electrons. The minimum atomic E-state index is -0.539. The van der Waals surface area contributed by atoms with Crippen molar-refractivity contribution in [3.63, 3.8) is 0 Å². The quantitative estimate of drug-likeness (QED) is 0.865. The maximum Gasteiger partial charge on any atom is 0.244 e. The predicted octanol–water partition coefficient (Wildman–Crippen LogP) is 1.59. The van der Waals surface area contributed by atoms with Crippen LogP contribution in [0.2, 0.25) is 0 Å². The number of nitrogens with one attached hydrogen (secondary N) is 1. The maximum absolute atomic E-state index is 13.5. The van der Waals surface area contributed by atoms with Crippen molar-refractivity contribution in [2.45, 2.75) is 13.0 Å². The number of nitrogens with zero attached hydrogens (tertiary/aromatic N) is 2. The first-order valence-corrected chi connectivity index (χ1v) is 5.13. The van der Waals surface area contributed by atoms with Gasteiger partial charge in [0.05, 0.1) is 17.3 Å². The summed E-state index contributed by atoms with van der Waals surface area (Å²) in [5.41, 5.74) is 0.464. The highest BCUT2D eigenvalue weighted by Gasteiger charge is 2.15. The normalized spacial score (nSPS) is 11.5.